The normalized spacial score (nSPS) is 21.6. The van der Waals surface area contributed by atoms with Crippen molar-refractivity contribution >= 4 is 11.8 Å². The maximum absolute atomic E-state index is 12.1. The van der Waals surface area contributed by atoms with E-state index in [2.05, 4.69) is 10.3 Å². The molecule has 1 aromatic heterocycles. The van der Waals surface area contributed by atoms with Crippen LogP contribution in [-0.4, -0.2) is 40.8 Å². The predicted octanol–water partition coefficient (Wildman–Crippen LogP) is 1.14. The minimum Gasteiger partial charge on any atom is -0.356 e. The summed E-state index contributed by atoms with van der Waals surface area (Å²) in [5.74, 6) is 0.00612. The van der Waals surface area contributed by atoms with Crippen molar-refractivity contribution in [2.24, 2.45) is 5.92 Å². The van der Waals surface area contributed by atoms with Crippen LogP contribution in [0, 0.1) is 5.92 Å². The highest BCUT2D eigenvalue weighted by atomic mass is 16.2. The third kappa shape index (κ3) is 3.60. The van der Waals surface area contributed by atoms with Crippen molar-refractivity contribution in [3.8, 4) is 0 Å². The number of aromatic nitrogens is 1. The van der Waals surface area contributed by atoms with Gasteiger partial charge in [0.15, 0.2) is 0 Å². The van der Waals surface area contributed by atoms with Gasteiger partial charge in [-0.25, -0.2) is 0 Å². The average Bonchev–Trinajstić information content (AvgIpc) is 3.27. The molecule has 0 radical (unpaired) electrons. The Kier molecular flexibility index (Phi) is 4.18. The quantitative estimate of drug-likeness (QED) is 0.798. The minimum atomic E-state index is -0.159. The number of aryl methyl sites for hydroxylation is 1. The number of nitrogens with zero attached hydrogens (tertiary/aromatic N) is 2. The van der Waals surface area contributed by atoms with E-state index in [1.165, 1.54) is 0 Å². The smallest absolute Gasteiger partial charge is 0.225 e. The van der Waals surface area contributed by atoms with E-state index in [9.17, 15) is 9.59 Å². The van der Waals surface area contributed by atoms with Gasteiger partial charge in [-0.05, 0) is 37.8 Å². The second-order valence-electron chi connectivity index (χ2n) is 5.89. The lowest BCUT2D eigenvalue weighted by atomic mass is 10.1. The zero-order valence-electron chi connectivity index (χ0n) is 12.1. The van der Waals surface area contributed by atoms with Crippen molar-refractivity contribution in [1.29, 1.82) is 0 Å². The van der Waals surface area contributed by atoms with Crippen molar-refractivity contribution in [2.75, 3.05) is 13.1 Å². The fraction of sp³-hybridized carbons (Fsp3) is 0.562. The van der Waals surface area contributed by atoms with Crippen LogP contribution in [0.1, 0.15) is 31.4 Å². The Morgan fingerprint density at radius 1 is 1.38 bits per heavy atom. The van der Waals surface area contributed by atoms with E-state index in [4.69, 9.17) is 0 Å². The first-order chi connectivity index (χ1) is 10.2. The van der Waals surface area contributed by atoms with E-state index in [1.54, 1.807) is 6.20 Å². The van der Waals surface area contributed by atoms with Gasteiger partial charge in [0, 0.05) is 37.4 Å². The van der Waals surface area contributed by atoms with E-state index in [0.717, 1.165) is 31.4 Å². The maximum Gasteiger partial charge on any atom is 0.225 e. The molecular weight excluding hydrogens is 266 g/mol. The monoisotopic (exact) mass is 287 g/mol. The standard InChI is InChI=1S/C16H21N3O2/c20-15-10-12(11-19(15)14-6-7-14)16(21)18-9-3-5-13-4-1-2-8-17-13/h1-2,4,8,12,14H,3,5-7,9-11H2,(H,18,21)/t12-/m0/s1. The lowest BCUT2D eigenvalue weighted by molar-refractivity contribution is -0.129. The largest absolute Gasteiger partial charge is 0.356 e. The molecule has 5 nitrogen and oxygen atoms in total. The molecule has 5 heteroatoms. The Balaban J connectivity index is 1.37. The molecular formula is C16H21N3O2. The van der Waals surface area contributed by atoms with Crippen LogP contribution in [0.15, 0.2) is 24.4 Å². The number of pyridine rings is 1. The molecule has 2 amide bonds. The van der Waals surface area contributed by atoms with Crippen LogP contribution in [-0.2, 0) is 16.0 Å². The van der Waals surface area contributed by atoms with Gasteiger partial charge in [-0.15, -0.1) is 0 Å². The summed E-state index contributed by atoms with van der Waals surface area (Å²) >= 11 is 0. The maximum atomic E-state index is 12.1. The molecule has 1 saturated heterocycles. The van der Waals surface area contributed by atoms with Gasteiger partial charge in [-0.2, -0.15) is 0 Å². The Labute approximate surface area is 124 Å². The van der Waals surface area contributed by atoms with Crippen LogP contribution in [0.3, 0.4) is 0 Å². The summed E-state index contributed by atoms with van der Waals surface area (Å²) in [6.07, 6.45) is 6.09. The molecule has 1 atom stereocenters. The third-order valence-electron chi connectivity index (χ3n) is 4.15. The molecule has 3 rings (SSSR count). The summed E-state index contributed by atoms with van der Waals surface area (Å²) in [6, 6.07) is 6.27. The molecule has 112 valence electrons. The fourth-order valence-electron chi connectivity index (χ4n) is 2.82. The van der Waals surface area contributed by atoms with Crippen molar-refractivity contribution in [2.45, 2.75) is 38.1 Å². The zero-order chi connectivity index (χ0) is 14.7. The lowest BCUT2D eigenvalue weighted by Crippen LogP contribution is -2.34. The molecule has 1 aliphatic carbocycles. The Bertz CT molecular complexity index is 514. The van der Waals surface area contributed by atoms with Gasteiger partial charge in [-0.3, -0.25) is 14.6 Å². The molecule has 2 aliphatic rings. The summed E-state index contributed by atoms with van der Waals surface area (Å²) in [5, 5.41) is 2.95. The molecule has 1 saturated carbocycles. The van der Waals surface area contributed by atoms with Gasteiger partial charge in [0.1, 0.15) is 0 Å². The molecule has 1 aliphatic heterocycles. The predicted molar refractivity (Wildman–Crippen MR) is 78.4 cm³/mol. The Morgan fingerprint density at radius 2 is 2.24 bits per heavy atom. The van der Waals surface area contributed by atoms with Crippen molar-refractivity contribution in [1.82, 2.24) is 15.2 Å². The average molecular weight is 287 g/mol. The number of likely N-dealkylation sites (tertiary alicyclic amines) is 1. The van der Waals surface area contributed by atoms with E-state index in [-0.39, 0.29) is 17.7 Å². The zero-order valence-corrected chi connectivity index (χ0v) is 12.1. The summed E-state index contributed by atoms with van der Waals surface area (Å²) in [6.45, 7) is 1.25. The van der Waals surface area contributed by atoms with E-state index in [1.807, 2.05) is 23.1 Å². The molecule has 2 fully saturated rings. The summed E-state index contributed by atoms with van der Waals surface area (Å²) < 4.78 is 0. The molecule has 2 heterocycles. The lowest BCUT2D eigenvalue weighted by Gasteiger charge is -2.15. The van der Waals surface area contributed by atoms with Gasteiger partial charge < -0.3 is 10.2 Å². The number of nitrogens with one attached hydrogen (secondary N) is 1. The third-order valence-corrected chi connectivity index (χ3v) is 4.15. The van der Waals surface area contributed by atoms with Gasteiger partial charge >= 0.3 is 0 Å². The first kappa shape index (κ1) is 14.0. The highest BCUT2D eigenvalue weighted by Gasteiger charge is 2.41. The molecule has 1 aromatic rings. The first-order valence-corrected chi connectivity index (χ1v) is 7.71. The number of hydrogen-bond acceptors (Lipinski definition) is 3. The van der Waals surface area contributed by atoms with Gasteiger partial charge in [0.05, 0.1) is 5.92 Å². The first-order valence-electron chi connectivity index (χ1n) is 7.71. The van der Waals surface area contributed by atoms with Crippen molar-refractivity contribution in [3.63, 3.8) is 0 Å². The fourth-order valence-corrected chi connectivity index (χ4v) is 2.82. The van der Waals surface area contributed by atoms with Crippen LogP contribution >= 0.6 is 0 Å². The topological polar surface area (TPSA) is 62.3 Å². The number of carbonyl (C=O) groups is 2. The van der Waals surface area contributed by atoms with Crippen LogP contribution in [0.25, 0.3) is 0 Å². The molecule has 0 bridgehead atoms. The number of rotatable bonds is 6. The van der Waals surface area contributed by atoms with E-state index < -0.39 is 0 Å². The van der Waals surface area contributed by atoms with Gasteiger partial charge in [-0.1, -0.05) is 6.07 Å². The molecule has 0 unspecified atom stereocenters. The SMILES string of the molecule is O=C(NCCCc1ccccn1)[C@H]1CC(=O)N(C2CC2)C1. The Hall–Kier alpha value is -1.91. The highest BCUT2D eigenvalue weighted by molar-refractivity contribution is 5.89. The second-order valence-corrected chi connectivity index (χ2v) is 5.89. The number of amides is 2. The van der Waals surface area contributed by atoms with Crippen molar-refractivity contribution < 1.29 is 9.59 Å². The van der Waals surface area contributed by atoms with E-state index in [0.29, 0.717) is 25.6 Å². The summed E-state index contributed by atoms with van der Waals surface area (Å²) in [7, 11) is 0. The summed E-state index contributed by atoms with van der Waals surface area (Å²) in [5.41, 5.74) is 1.04. The highest BCUT2D eigenvalue weighted by Crippen LogP contribution is 2.32. The minimum absolute atomic E-state index is 0.0209. The van der Waals surface area contributed by atoms with Crippen LogP contribution in [0.5, 0.6) is 0 Å². The van der Waals surface area contributed by atoms with Crippen LogP contribution in [0.2, 0.25) is 0 Å². The second kappa shape index (κ2) is 6.24. The van der Waals surface area contributed by atoms with Gasteiger partial charge in [0.25, 0.3) is 0 Å². The molecule has 1 N–H and O–H groups in total. The Morgan fingerprint density at radius 3 is 2.95 bits per heavy atom. The van der Waals surface area contributed by atoms with E-state index >= 15 is 0 Å². The molecule has 0 spiro atoms. The number of hydrogen-bond donors (Lipinski definition) is 1. The van der Waals surface area contributed by atoms with Crippen LogP contribution < -0.4 is 5.32 Å². The summed E-state index contributed by atoms with van der Waals surface area (Å²) in [4.78, 5) is 30.1. The molecule has 0 aromatic carbocycles. The number of carbonyl (C=O) groups excluding carboxylic acids is 2. The van der Waals surface area contributed by atoms with Crippen molar-refractivity contribution in [3.05, 3.63) is 30.1 Å². The van der Waals surface area contributed by atoms with Crippen LogP contribution in [0.4, 0.5) is 0 Å². The molecule has 21 heavy (non-hydrogen) atoms. The van der Waals surface area contributed by atoms with Gasteiger partial charge in [0.2, 0.25) is 11.8 Å².